The summed E-state index contributed by atoms with van der Waals surface area (Å²) in [5, 5.41) is 18.9. The van der Waals surface area contributed by atoms with Gasteiger partial charge in [-0.25, -0.2) is 9.78 Å². The van der Waals surface area contributed by atoms with E-state index in [9.17, 15) is 9.90 Å². The highest BCUT2D eigenvalue weighted by Crippen LogP contribution is 2.31. The fourth-order valence-electron chi connectivity index (χ4n) is 2.42. The molecule has 0 radical (unpaired) electrons. The van der Waals surface area contributed by atoms with Crippen molar-refractivity contribution in [1.82, 2.24) is 19.5 Å². The summed E-state index contributed by atoms with van der Waals surface area (Å²) in [6, 6.07) is 0. The van der Waals surface area contributed by atoms with Crippen LogP contribution in [-0.4, -0.2) is 48.5 Å². The average Bonchev–Trinajstić information content (AvgIpc) is 2.88. The van der Waals surface area contributed by atoms with Crippen molar-refractivity contribution in [3.63, 3.8) is 0 Å². The molecule has 1 saturated heterocycles. The van der Waals surface area contributed by atoms with E-state index in [2.05, 4.69) is 15.0 Å². The Morgan fingerprint density at radius 2 is 2.42 bits per heavy atom. The van der Waals surface area contributed by atoms with Gasteiger partial charge in [0.05, 0.1) is 18.9 Å². The third-order valence-corrected chi connectivity index (χ3v) is 3.32. The zero-order valence-corrected chi connectivity index (χ0v) is 10.3. The molecule has 19 heavy (non-hydrogen) atoms. The van der Waals surface area contributed by atoms with Crippen molar-refractivity contribution in [2.75, 3.05) is 6.61 Å². The number of nitrogens with zero attached hydrogens (tertiary/aromatic N) is 3. The van der Waals surface area contributed by atoms with E-state index in [0.29, 0.717) is 23.4 Å². The van der Waals surface area contributed by atoms with Gasteiger partial charge in [-0.1, -0.05) is 0 Å². The summed E-state index contributed by atoms with van der Waals surface area (Å²) in [5.41, 5.74) is 0.599. The fourth-order valence-corrected chi connectivity index (χ4v) is 2.42. The van der Waals surface area contributed by atoms with E-state index in [1.54, 1.807) is 11.5 Å². The first kappa shape index (κ1) is 12.3. The molecule has 0 aromatic carbocycles. The van der Waals surface area contributed by atoms with Crippen LogP contribution < -0.4 is 5.69 Å². The smallest absolute Gasteiger partial charge is 0.346 e. The minimum absolute atomic E-state index is 0.249. The van der Waals surface area contributed by atoms with E-state index in [1.807, 2.05) is 0 Å². The van der Waals surface area contributed by atoms with E-state index < -0.39 is 24.1 Å². The van der Waals surface area contributed by atoms with Crippen molar-refractivity contribution in [1.29, 1.82) is 0 Å². The molecule has 1 aliphatic heterocycles. The molecule has 1 aliphatic rings. The molecule has 3 N–H and O–H groups in total. The van der Waals surface area contributed by atoms with Crippen molar-refractivity contribution in [3.8, 4) is 0 Å². The zero-order valence-electron chi connectivity index (χ0n) is 10.3. The Morgan fingerprint density at radius 3 is 3.11 bits per heavy atom. The lowest BCUT2D eigenvalue weighted by atomic mass is 10.2. The Kier molecular flexibility index (Phi) is 2.85. The van der Waals surface area contributed by atoms with E-state index in [-0.39, 0.29) is 6.61 Å². The van der Waals surface area contributed by atoms with Gasteiger partial charge in [0.25, 0.3) is 0 Å². The SMILES string of the molecule is Cc1nc2cnc(=O)[nH]c2n1[C@H]1C[C@H](O)[C@@H](CO)O1. The molecule has 0 unspecified atom stereocenters. The molecule has 2 aromatic heterocycles. The molecule has 8 nitrogen and oxygen atoms in total. The van der Waals surface area contributed by atoms with Crippen LogP contribution in [0.2, 0.25) is 0 Å². The second-order valence-corrected chi connectivity index (χ2v) is 4.57. The van der Waals surface area contributed by atoms with E-state index in [1.165, 1.54) is 6.20 Å². The molecule has 3 rings (SSSR count). The third kappa shape index (κ3) is 1.93. The molecule has 8 heteroatoms. The standard InChI is InChI=1S/C11H14N4O4/c1-5-13-6-3-12-11(18)14-10(6)15(5)9-2-7(17)8(4-16)19-9/h3,7-9,16-17H,2,4H2,1H3,(H,12,14,18)/t7-,8+,9+/m0/s1. The summed E-state index contributed by atoms with van der Waals surface area (Å²) in [6.45, 7) is 1.53. The summed E-state index contributed by atoms with van der Waals surface area (Å²) >= 11 is 0. The molecule has 0 saturated carbocycles. The Bertz CT molecular complexity index is 664. The number of aryl methyl sites for hydroxylation is 1. The number of aromatic amines is 1. The number of ether oxygens (including phenoxy) is 1. The minimum atomic E-state index is -0.736. The van der Waals surface area contributed by atoms with Crippen LogP contribution in [0, 0.1) is 6.92 Å². The Hall–Kier alpha value is -1.77. The predicted molar refractivity (Wildman–Crippen MR) is 64.5 cm³/mol. The van der Waals surface area contributed by atoms with Crippen molar-refractivity contribution < 1.29 is 14.9 Å². The first-order valence-electron chi connectivity index (χ1n) is 5.98. The topological polar surface area (TPSA) is 113 Å². The highest BCUT2D eigenvalue weighted by molar-refractivity contribution is 5.70. The van der Waals surface area contributed by atoms with Crippen LogP contribution in [0.3, 0.4) is 0 Å². The molecule has 0 spiro atoms. The number of fused-ring (bicyclic) bond motifs is 1. The summed E-state index contributed by atoms with van der Waals surface area (Å²) in [5.74, 6) is 0.648. The van der Waals surface area contributed by atoms with Crippen molar-refractivity contribution in [2.24, 2.45) is 0 Å². The molecule has 2 aromatic rings. The van der Waals surface area contributed by atoms with Crippen LogP contribution in [0.15, 0.2) is 11.0 Å². The number of hydrogen-bond donors (Lipinski definition) is 3. The number of aliphatic hydroxyl groups excluding tert-OH is 2. The zero-order chi connectivity index (χ0) is 13.6. The Morgan fingerprint density at radius 1 is 1.63 bits per heavy atom. The number of nitrogens with one attached hydrogen (secondary N) is 1. The third-order valence-electron chi connectivity index (χ3n) is 3.32. The molecule has 0 aliphatic carbocycles. The number of imidazole rings is 1. The molecule has 3 heterocycles. The van der Waals surface area contributed by atoms with Gasteiger partial charge in [0.15, 0.2) is 0 Å². The fraction of sp³-hybridized carbons (Fsp3) is 0.545. The van der Waals surface area contributed by atoms with Gasteiger partial charge in [0.1, 0.15) is 29.3 Å². The number of aliphatic hydroxyl groups is 2. The number of aromatic nitrogens is 4. The van der Waals surface area contributed by atoms with E-state index >= 15 is 0 Å². The second-order valence-electron chi connectivity index (χ2n) is 4.57. The maximum Gasteiger partial charge on any atom is 0.346 e. The van der Waals surface area contributed by atoms with Crippen LogP contribution in [0.5, 0.6) is 0 Å². The van der Waals surface area contributed by atoms with Crippen LogP contribution in [0.25, 0.3) is 11.2 Å². The largest absolute Gasteiger partial charge is 0.394 e. The van der Waals surface area contributed by atoms with Crippen molar-refractivity contribution in [3.05, 3.63) is 22.5 Å². The highest BCUT2D eigenvalue weighted by Gasteiger charge is 2.35. The lowest BCUT2D eigenvalue weighted by Gasteiger charge is -2.15. The van der Waals surface area contributed by atoms with Gasteiger partial charge in [-0.3, -0.25) is 9.55 Å². The molecule has 0 amide bonds. The molecule has 0 bridgehead atoms. The Labute approximate surface area is 107 Å². The van der Waals surface area contributed by atoms with Gasteiger partial charge in [-0.2, -0.15) is 4.98 Å². The maximum atomic E-state index is 11.3. The maximum absolute atomic E-state index is 11.3. The summed E-state index contributed by atoms with van der Waals surface area (Å²) in [4.78, 5) is 21.8. The second kappa shape index (κ2) is 4.41. The molecular formula is C11H14N4O4. The van der Waals surface area contributed by atoms with Gasteiger partial charge < -0.3 is 14.9 Å². The normalized spacial score (nSPS) is 27.2. The van der Waals surface area contributed by atoms with Gasteiger partial charge in [0.2, 0.25) is 0 Å². The summed E-state index contributed by atoms with van der Waals surface area (Å²) < 4.78 is 7.28. The van der Waals surface area contributed by atoms with E-state index in [0.717, 1.165) is 0 Å². The Balaban J connectivity index is 2.08. The lowest BCUT2D eigenvalue weighted by Crippen LogP contribution is -2.24. The number of hydrogen-bond acceptors (Lipinski definition) is 6. The molecule has 102 valence electrons. The first-order chi connectivity index (χ1) is 9.10. The average molecular weight is 266 g/mol. The number of rotatable bonds is 2. The van der Waals surface area contributed by atoms with E-state index in [4.69, 9.17) is 9.84 Å². The first-order valence-corrected chi connectivity index (χ1v) is 5.98. The molecule has 3 atom stereocenters. The molecule has 1 fully saturated rings. The van der Waals surface area contributed by atoms with Crippen LogP contribution >= 0.6 is 0 Å². The van der Waals surface area contributed by atoms with Gasteiger partial charge in [-0.05, 0) is 6.92 Å². The molecular weight excluding hydrogens is 252 g/mol. The monoisotopic (exact) mass is 266 g/mol. The van der Waals surface area contributed by atoms with Gasteiger partial charge in [0, 0.05) is 6.42 Å². The van der Waals surface area contributed by atoms with Gasteiger partial charge >= 0.3 is 5.69 Å². The quantitative estimate of drug-likeness (QED) is 0.647. The van der Waals surface area contributed by atoms with Gasteiger partial charge in [-0.15, -0.1) is 0 Å². The minimum Gasteiger partial charge on any atom is -0.394 e. The van der Waals surface area contributed by atoms with Crippen LogP contribution in [0.1, 0.15) is 18.5 Å². The lowest BCUT2D eigenvalue weighted by molar-refractivity contribution is -0.0438. The number of H-pyrrole nitrogens is 1. The predicted octanol–water partition coefficient (Wildman–Crippen LogP) is -0.931. The highest BCUT2D eigenvalue weighted by atomic mass is 16.5. The summed E-state index contributed by atoms with van der Waals surface area (Å²) in [7, 11) is 0. The van der Waals surface area contributed by atoms with Crippen molar-refractivity contribution in [2.45, 2.75) is 31.8 Å². The summed E-state index contributed by atoms with van der Waals surface area (Å²) in [6.07, 6.45) is -0.0833. The van der Waals surface area contributed by atoms with Crippen LogP contribution in [-0.2, 0) is 4.74 Å². The van der Waals surface area contributed by atoms with Crippen LogP contribution in [0.4, 0.5) is 0 Å². The van der Waals surface area contributed by atoms with Crippen molar-refractivity contribution >= 4 is 11.2 Å².